The zero-order valence-electron chi connectivity index (χ0n) is 11.6. The minimum absolute atomic E-state index is 0.0214. The van der Waals surface area contributed by atoms with Crippen molar-refractivity contribution in [3.63, 3.8) is 0 Å². The lowest BCUT2D eigenvalue weighted by atomic mass is 10.2. The summed E-state index contributed by atoms with van der Waals surface area (Å²) in [7, 11) is -2.22. The van der Waals surface area contributed by atoms with Gasteiger partial charge in [0, 0.05) is 11.4 Å². The third-order valence-corrected chi connectivity index (χ3v) is 4.76. The second kappa shape index (κ2) is 5.83. The zero-order chi connectivity index (χ0) is 15.6. The highest BCUT2D eigenvalue weighted by atomic mass is 35.5. The van der Waals surface area contributed by atoms with Crippen molar-refractivity contribution in [1.82, 2.24) is 0 Å². The molecule has 0 radical (unpaired) electrons. The maximum absolute atomic E-state index is 12.3. The summed E-state index contributed by atoms with van der Waals surface area (Å²) in [6.45, 7) is 1.83. The van der Waals surface area contributed by atoms with Crippen LogP contribution < -0.4 is 15.2 Å². The maximum atomic E-state index is 12.3. The molecule has 0 heterocycles. The largest absolute Gasteiger partial charge is 0.496 e. The number of nitrogens with one attached hydrogen (secondary N) is 1. The number of hydrogen-bond acceptors (Lipinski definition) is 4. The Morgan fingerprint density at radius 3 is 2.48 bits per heavy atom. The van der Waals surface area contributed by atoms with Crippen molar-refractivity contribution in [3.05, 3.63) is 47.0 Å². The van der Waals surface area contributed by atoms with E-state index in [2.05, 4.69) is 4.72 Å². The number of halogens is 1. The Hall–Kier alpha value is -1.92. The van der Waals surface area contributed by atoms with Crippen molar-refractivity contribution >= 4 is 33.0 Å². The van der Waals surface area contributed by atoms with Gasteiger partial charge in [-0.3, -0.25) is 4.72 Å². The summed E-state index contributed by atoms with van der Waals surface area (Å²) in [4.78, 5) is -0.0214. The van der Waals surface area contributed by atoms with Gasteiger partial charge < -0.3 is 10.5 Å². The molecule has 2 rings (SSSR count). The normalized spacial score (nSPS) is 11.2. The Morgan fingerprint density at radius 2 is 1.90 bits per heavy atom. The first-order chi connectivity index (χ1) is 9.83. The monoisotopic (exact) mass is 326 g/mol. The van der Waals surface area contributed by atoms with Crippen molar-refractivity contribution in [3.8, 4) is 5.75 Å². The Bertz CT molecular complexity index is 776. The molecule has 0 atom stereocenters. The van der Waals surface area contributed by atoms with E-state index in [9.17, 15) is 8.42 Å². The van der Waals surface area contributed by atoms with Gasteiger partial charge in [-0.25, -0.2) is 8.42 Å². The van der Waals surface area contributed by atoms with Gasteiger partial charge in [0.1, 0.15) is 10.6 Å². The van der Waals surface area contributed by atoms with Gasteiger partial charge in [0.15, 0.2) is 0 Å². The van der Waals surface area contributed by atoms with E-state index in [0.717, 1.165) is 5.56 Å². The SMILES string of the molecule is COc1ccc(NS(=O)(=O)c2ccc(N)cc2Cl)cc1C. The average molecular weight is 327 g/mol. The van der Waals surface area contributed by atoms with E-state index in [1.165, 1.54) is 18.2 Å². The smallest absolute Gasteiger partial charge is 0.263 e. The molecule has 7 heteroatoms. The molecule has 3 N–H and O–H groups in total. The Balaban J connectivity index is 2.35. The molecule has 0 aromatic heterocycles. The van der Waals surface area contributed by atoms with Gasteiger partial charge in [0.05, 0.1) is 12.1 Å². The molecule has 0 saturated heterocycles. The Morgan fingerprint density at radius 1 is 1.19 bits per heavy atom. The first-order valence-electron chi connectivity index (χ1n) is 6.06. The number of methoxy groups -OCH3 is 1. The molecule has 0 saturated carbocycles. The van der Waals surface area contributed by atoms with Crippen LogP contribution in [0.4, 0.5) is 11.4 Å². The fourth-order valence-corrected chi connectivity index (χ4v) is 3.49. The van der Waals surface area contributed by atoms with E-state index in [1.54, 1.807) is 25.3 Å². The molecule has 0 bridgehead atoms. The lowest BCUT2D eigenvalue weighted by Gasteiger charge is -2.12. The topological polar surface area (TPSA) is 81.4 Å². The molecule has 0 fully saturated rings. The van der Waals surface area contributed by atoms with Crippen LogP contribution >= 0.6 is 11.6 Å². The summed E-state index contributed by atoms with van der Waals surface area (Å²) >= 11 is 5.94. The van der Waals surface area contributed by atoms with Crippen LogP contribution in [0.5, 0.6) is 5.75 Å². The van der Waals surface area contributed by atoms with Crippen LogP contribution in [0.1, 0.15) is 5.56 Å². The van der Waals surface area contributed by atoms with Crippen molar-refractivity contribution in [2.75, 3.05) is 17.6 Å². The predicted molar refractivity (Wildman–Crippen MR) is 84.4 cm³/mol. The second-order valence-electron chi connectivity index (χ2n) is 4.48. The van der Waals surface area contributed by atoms with Gasteiger partial charge in [-0.15, -0.1) is 0 Å². The number of anilines is 2. The minimum atomic E-state index is -3.78. The Kier molecular flexibility index (Phi) is 4.29. The molecule has 5 nitrogen and oxygen atoms in total. The second-order valence-corrected chi connectivity index (χ2v) is 6.54. The van der Waals surface area contributed by atoms with E-state index < -0.39 is 10.0 Å². The van der Waals surface area contributed by atoms with Crippen molar-refractivity contribution in [2.24, 2.45) is 0 Å². The van der Waals surface area contributed by atoms with Crippen LogP contribution in [0.2, 0.25) is 5.02 Å². The van der Waals surface area contributed by atoms with Gasteiger partial charge in [-0.1, -0.05) is 11.6 Å². The fraction of sp³-hybridized carbons (Fsp3) is 0.143. The summed E-state index contributed by atoms with van der Waals surface area (Å²) in [5.74, 6) is 0.684. The first-order valence-corrected chi connectivity index (χ1v) is 7.92. The molecule has 0 aliphatic heterocycles. The summed E-state index contributed by atoms with van der Waals surface area (Å²) in [5.41, 5.74) is 7.22. The van der Waals surface area contributed by atoms with E-state index >= 15 is 0 Å². The number of hydrogen-bond donors (Lipinski definition) is 2. The van der Waals surface area contributed by atoms with Crippen LogP contribution in [-0.2, 0) is 10.0 Å². The van der Waals surface area contributed by atoms with Crippen LogP contribution in [0.15, 0.2) is 41.3 Å². The maximum Gasteiger partial charge on any atom is 0.263 e. The summed E-state index contributed by atoms with van der Waals surface area (Å²) in [6, 6.07) is 9.25. The number of sulfonamides is 1. The molecule has 0 unspecified atom stereocenters. The molecular formula is C14H15ClN2O3S. The third-order valence-electron chi connectivity index (χ3n) is 2.89. The molecular weight excluding hydrogens is 312 g/mol. The number of rotatable bonds is 4. The average Bonchev–Trinajstić information content (AvgIpc) is 2.37. The van der Waals surface area contributed by atoms with Crippen LogP contribution in [0.25, 0.3) is 0 Å². The first kappa shape index (κ1) is 15.5. The van der Waals surface area contributed by atoms with E-state index in [-0.39, 0.29) is 9.92 Å². The molecule has 0 aliphatic carbocycles. The molecule has 0 aliphatic rings. The highest BCUT2D eigenvalue weighted by Gasteiger charge is 2.18. The lowest BCUT2D eigenvalue weighted by Crippen LogP contribution is -2.13. The van der Waals surface area contributed by atoms with Crippen LogP contribution in [0.3, 0.4) is 0 Å². The lowest BCUT2D eigenvalue weighted by molar-refractivity contribution is 0.412. The highest BCUT2D eigenvalue weighted by Crippen LogP contribution is 2.27. The fourth-order valence-electron chi connectivity index (χ4n) is 1.89. The van der Waals surface area contributed by atoms with Crippen LogP contribution in [0, 0.1) is 6.92 Å². The van der Waals surface area contributed by atoms with E-state index in [1.807, 2.05) is 6.92 Å². The van der Waals surface area contributed by atoms with Crippen molar-refractivity contribution in [1.29, 1.82) is 0 Å². The third kappa shape index (κ3) is 3.40. The van der Waals surface area contributed by atoms with Gasteiger partial charge >= 0.3 is 0 Å². The standard InChI is InChI=1S/C14H15ClN2O3S/c1-9-7-11(4-5-13(9)20-2)17-21(18,19)14-6-3-10(16)8-12(14)15/h3-8,17H,16H2,1-2H3. The number of ether oxygens (including phenoxy) is 1. The Labute approximate surface area is 128 Å². The quantitative estimate of drug-likeness (QED) is 0.846. The van der Waals surface area contributed by atoms with E-state index in [0.29, 0.717) is 17.1 Å². The molecule has 0 spiro atoms. The van der Waals surface area contributed by atoms with Gasteiger partial charge in [-0.2, -0.15) is 0 Å². The molecule has 2 aromatic carbocycles. The van der Waals surface area contributed by atoms with Gasteiger partial charge in [0.25, 0.3) is 10.0 Å². The number of nitrogen functional groups attached to an aromatic ring is 1. The van der Waals surface area contributed by atoms with Crippen molar-refractivity contribution < 1.29 is 13.2 Å². The van der Waals surface area contributed by atoms with Gasteiger partial charge in [-0.05, 0) is 48.9 Å². The number of nitrogens with two attached hydrogens (primary N) is 1. The summed E-state index contributed by atoms with van der Waals surface area (Å²) in [6.07, 6.45) is 0. The van der Waals surface area contributed by atoms with Crippen molar-refractivity contribution in [2.45, 2.75) is 11.8 Å². The highest BCUT2D eigenvalue weighted by molar-refractivity contribution is 7.92. The number of benzene rings is 2. The molecule has 2 aromatic rings. The molecule has 112 valence electrons. The van der Waals surface area contributed by atoms with E-state index in [4.69, 9.17) is 22.1 Å². The zero-order valence-corrected chi connectivity index (χ0v) is 13.1. The number of aryl methyl sites for hydroxylation is 1. The minimum Gasteiger partial charge on any atom is -0.496 e. The van der Waals surface area contributed by atoms with Crippen LogP contribution in [-0.4, -0.2) is 15.5 Å². The molecule has 21 heavy (non-hydrogen) atoms. The summed E-state index contributed by atoms with van der Waals surface area (Å²) in [5, 5.41) is 0.0766. The summed E-state index contributed by atoms with van der Waals surface area (Å²) < 4.78 is 32.3. The van der Waals surface area contributed by atoms with Gasteiger partial charge in [0.2, 0.25) is 0 Å². The molecule has 0 amide bonds. The predicted octanol–water partition coefficient (Wildman–Crippen LogP) is 3.04.